The molecule has 0 fully saturated rings. The van der Waals surface area contributed by atoms with E-state index in [4.69, 9.17) is 21.1 Å². The Morgan fingerprint density at radius 2 is 2.13 bits per heavy atom. The van der Waals surface area contributed by atoms with Crippen LogP contribution < -0.4 is 4.74 Å². The molecule has 0 bridgehead atoms. The Morgan fingerprint density at radius 3 is 2.67 bits per heavy atom. The van der Waals surface area contributed by atoms with E-state index in [2.05, 4.69) is 4.74 Å². The highest BCUT2D eigenvalue weighted by atomic mass is 35.5. The monoisotopic (exact) mass is 230 g/mol. The third-order valence-electron chi connectivity index (χ3n) is 1.69. The molecule has 15 heavy (non-hydrogen) atoms. The maximum absolute atomic E-state index is 11.1. The number of ether oxygens (including phenoxy) is 3. The van der Waals surface area contributed by atoms with Gasteiger partial charge in [-0.3, -0.25) is 0 Å². The highest BCUT2D eigenvalue weighted by molar-refractivity contribution is 6.32. The predicted octanol–water partition coefficient (Wildman–Crippen LogP) is 2.11. The van der Waals surface area contributed by atoms with Gasteiger partial charge in [-0.05, 0) is 18.2 Å². The van der Waals surface area contributed by atoms with Crippen molar-refractivity contribution in [2.24, 2.45) is 0 Å². The van der Waals surface area contributed by atoms with E-state index in [-0.39, 0.29) is 6.79 Å². The Balaban J connectivity index is 2.83. The molecule has 0 saturated carbocycles. The zero-order valence-electron chi connectivity index (χ0n) is 8.45. The Bertz CT molecular complexity index is 351. The fraction of sp³-hybridized carbons (Fsp3) is 0.300. The van der Waals surface area contributed by atoms with E-state index >= 15 is 0 Å². The Labute approximate surface area is 92.7 Å². The molecule has 1 rings (SSSR count). The second-order valence-corrected chi connectivity index (χ2v) is 3.09. The van der Waals surface area contributed by atoms with Crippen molar-refractivity contribution in [1.29, 1.82) is 0 Å². The summed E-state index contributed by atoms with van der Waals surface area (Å²) in [5, 5.41) is 0.343. The molecule has 82 valence electrons. The van der Waals surface area contributed by atoms with E-state index in [9.17, 15) is 4.79 Å². The van der Waals surface area contributed by atoms with Crippen LogP contribution in [0.5, 0.6) is 5.75 Å². The van der Waals surface area contributed by atoms with Gasteiger partial charge >= 0.3 is 5.97 Å². The second-order valence-electron chi connectivity index (χ2n) is 2.69. The summed E-state index contributed by atoms with van der Waals surface area (Å²) in [6, 6.07) is 4.65. The zero-order valence-corrected chi connectivity index (χ0v) is 9.21. The molecule has 0 amide bonds. The standard InChI is InChI=1S/C10H11ClO4/c1-13-6-15-9-4-3-7(5-8(9)11)10(12)14-2/h3-5H,6H2,1-2H3. The van der Waals surface area contributed by atoms with Gasteiger partial charge in [-0.15, -0.1) is 0 Å². The minimum Gasteiger partial charge on any atom is -0.466 e. The maximum atomic E-state index is 11.1. The molecule has 0 aliphatic carbocycles. The van der Waals surface area contributed by atoms with Crippen LogP contribution in [0.3, 0.4) is 0 Å². The number of esters is 1. The summed E-state index contributed by atoms with van der Waals surface area (Å²) >= 11 is 5.88. The molecule has 1 aromatic carbocycles. The summed E-state index contributed by atoms with van der Waals surface area (Å²) in [6.07, 6.45) is 0. The number of hydrogen-bond donors (Lipinski definition) is 0. The van der Waals surface area contributed by atoms with Crippen molar-refractivity contribution >= 4 is 17.6 Å². The van der Waals surface area contributed by atoms with Crippen molar-refractivity contribution in [3.8, 4) is 5.75 Å². The van der Waals surface area contributed by atoms with Crippen molar-refractivity contribution < 1.29 is 19.0 Å². The van der Waals surface area contributed by atoms with Crippen LogP contribution in [0.4, 0.5) is 0 Å². The fourth-order valence-electron chi connectivity index (χ4n) is 0.985. The van der Waals surface area contributed by atoms with Gasteiger partial charge in [0.15, 0.2) is 6.79 Å². The topological polar surface area (TPSA) is 44.8 Å². The van der Waals surface area contributed by atoms with Gasteiger partial charge in [-0.2, -0.15) is 0 Å². The van der Waals surface area contributed by atoms with Crippen molar-refractivity contribution in [2.75, 3.05) is 21.0 Å². The van der Waals surface area contributed by atoms with Crippen molar-refractivity contribution in [1.82, 2.24) is 0 Å². The average Bonchev–Trinajstić information content (AvgIpc) is 2.26. The molecule has 0 N–H and O–H groups in total. The van der Waals surface area contributed by atoms with E-state index in [1.54, 1.807) is 12.1 Å². The van der Waals surface area contributed by atoms with Crippen molar-refractivity contribution in [2.45, 2.75) is 0 Å². The largest absolute Gasteiger partial charge is 0.466 e. The molecule has 0 radical (unpaired) electrons. The van der Waals surface area contributed by atoms with Crippen LogP contribution >= 0.6 is 11.6 Å². The lowest BCUT2D eigenvalue weighted by Gasteiger charge is -2.07. The van der Waals surface area contributed by atoms with Gasteiger partial charge in [0.2, 0.25) is 0 Å². The number of halogens is 1. The lowest BCUT2D eigenvalue weighted by molar-refractivity contribution is 0.0511. The molecule has 0 aliphatic rings. The number of benzene rings is 1. The quantitative estimate of drug-likeness (QED) is 0.587. The molecule has 0 saturated heterocycles. The first-order chi connectivity index (χ1) is 7.19. The summed E-state index contributed by atoms with van der Waals surface area (Å²) in [7, 11) is 2.82. The zero-order chi connectivity index (χ0) is 11.3. The van der Waals surface area contributed by atoms with Gasteiger partial charge in [0.25, 0.3) is 0 Å². The van der Waals surface area contributed by atoms with E-state index in [1.165, 1.54) is 20.3 Å². The molecular weight excluding hydrogens is 220 g/mol. The number of carbonyl (C=O) groups is 1. The van der Waals surface area contributed by atoms with Crippen LogP contribution in [-0.4, -0.2) is 27.0 Å². The van der Waals surface area contributed by atoms with E-state index in [1.807, 2.05) is 0 Å². The van der Waals surface area contributed by atoms with Gasteiger partial charge < -0.3 is 14.2 Å². The van der Waals surface area contributed by atoms with Gasteiger partial charge in [0, 0.05) is 7.11 Å². The molecule has 0 spiro atoms. The molecule has 1 aromatic rings. The van der Waals surface area contributed by atoms with E-state index < -0.39 is 5.97 Å². The number of hydrogen-bond acceptors (Lipinski definition) is 4. The highest BCUT2D eigenvalue weighted by Crippen LogP contribution is 2.25. The van der Waals surface area contributed by atoms with Crippen LogP contribution in [0.2, 0.25) is 5.02 Å². The lowest BCUT2D eigenvalue weighted by Crippen LogP contribution is -2.03. The average molecular weight is 231 g/mol. The van der Waals surface area contributed by atoms with Crippen LogP contribution in [0.15, 0.2) is 18.2 Å². The summed E-state index contributed by atoms with van der Waals surface area (Å²) in [4.78, 5) is 11.1. The third-order valence-corrected chi connectivity index (χ3v) is 1.98. The second kappa shape index (κ2) is 5.58. The molecule has 0 heterocycles. The first-order valence-electron chi connectivity index (χ1n) is 4.18. The summed E-state index contributed by atoms with van der Waals surface area (Å²) in [6.45, 7) is 0.108. The van der Waals surface area contributed by atoms with Crippen LogP contribution in [0.1, 0.15) is 10.4 Å². The Morgan fingerprint density at radius 1 is 1.40 bits per heavy atom. The highest BCUT2D eigenvalue weighted by Gasteiger charge is 2.09. The third kappa shape index (κ3) is 3.11. The number of carbonyl (C=O) groups excluding carboxylic acids is 1. The SMILES string of the molecule is COCOc1ccc(C(=O)OC)cc1Cl. The van der Waals surface area contributed by atoms with Crippen LogP contribution in [0, 0.1) is 0 Å². The normalized spacial score (nSPS) is 9.80. The summed E-state index contributed by atoms with van der Waals surface area (Å²) < 4.78 is 14.4. The van der Waals surface area contributed by atoms with Crippen LogP contribution in [-0.2, 0) is 9.47 Å². The maximum Gasteiger partial charge on any atom is 0.337 e. The first-order valence-corrected chi connectivity index (χ1v) is 4.56. The number of methoxy groups -OCH3 is 2. The molecule has 5 heteroatoms. The molecule has 0 unspecified atom stereocenters. The Hall–Kier alpha value is -1.26. The predicted molar refractivity (Wildman–Crippen MR) is 55.3 cm³/mol. The molecule has 0 aromatic heterocycles. The van der Waals surface area contributed by atoms with Gasteiger partial charge in [-0.25, -0.2) is 4.79 Å². The minimum absolute atomic E-state index is 0.108. The smallest absolute Gasteiger partial charge is 0.337 e. The minimum atomic E-state index is -0.435. The van der Waals surface area contributed by atoms with Gasteiger partial charge in [0.05, 0.1) is 17.7 Å². The molecule has 0 aliphatic heterocycles. The molecule has 4 nitrogen and oxygen atoms in total. The van der Waals surface area contributed by atoms with E-state index in [0.717, 1.165) is 0 Å². The van der Waals surface area contributed by atoms with Gasteiger partial charge in [-0.1, -0.05) is 11.6 Å². The number of rotatable bonds is 4. The Kier molecular flexibility index (Phi) is 4.39. The van der Waals surface area contributed by atoms with Crippen molar-refractivity contribution in [3.63, 3.8) is 0 Å². The molecular formula is C10H11ClO4. The van der Waals surface area contributed by atoms with Crippen LogP contribution in [0.25, 0.3) is 0 Å². The fourth-order valence-corrected chi connectivity index (χ4v) is 1.22. The van der Waals surface area contributed by atoms with Crippen molar-refractivity contribution in [3.05, 3.63) is 28.8 Å². The van der Waals surface area contributed by atoms with Gasteiger partial charge in [0.1, 0.15) is 5.75 Å². The first kappa shape index (κ1) is 11.8. The molecule has 0 atom stereocenters. The van der Waals surface area contributed by atoms with E-state index in [0.29, 0.717) is 16.3 Å². The summed E-state index contributed by atoms with van der Waals surface area (Å²) in [5.41, 5.74) is 0.382. The lowest BCUT2D eigenvalue weighted by atomic mass is 10.2. The summed E-state index contributed by atoms with van der Waals surface area (Å²) in [5.74, 6) is 0.0290.